The number of hydrogen-bond donors (Lipinski definition) is 0. The fourth-order valence-corrected chi connectivity index (χ4v) is 4.40. The van der Waals surface area contributed by atoms with Gasteiger partial charge in [0.25, 0.3) is 0 Å². The summed E-state index contributed by atoms with van der Waals surface area (Å²) in [5.41, 5.74) is 0.937. The highest BCUT2D eigenvalue weighted by molar-refractivity contribution is 7.89. The largest absolute Gasteiger partial charge is 0.497 e. The third-order valence-corrected chi connectivity index (χ3v) is 6.09. The lowest BCUT2D eigenvalue weighted by molar-refractivity contribution is 0.177. The van der Waals surface area contributed by atoms with Crippen LogP contribution in [0.2, 0.25) is 0 Å². The summed E-state index contributed by atoms with van der Waals surface area (Å²) >= 11 is 1.53. The Kier molecular flexibility index (Phi) is 6.61. The summed E-state index contributed by atoms with van der Waals surface area (Å²) in [5.74, 6) is 0.786. The van der Waals surface area contributed by atoms with E-state index >= 15 is 0 Å². The quantitative estimate of drug-likeness (QED) is 0.678. The Morgan fingerprint density at radius 3 is 2.50 bits per heavy atom. The number of benzene rings is 1. The fourth-order valence-electron chi connectivity index (χ4n) is 2.19. The molecule has 0 fully saturated rings. The molecule has 0 aliphatic heterocycles. The second-order valence-electron chi connectivity index (χ2n) is 4.98. The predicted molar refractivity (Wildman–Crippen MR) is 93.3 cm³/mol. The second kappa shape index (κ2) is 8.48. The van der Waals surface area contributed by atoms with Gasteiger partial charge in [-0.25, -0.2) is 8.42 Å². The van der Waals surface area contributed by atoms with Crippen LogP contribution in [0.15, 0.2) is 39.9 Å². The fraction of sp³-hybridized carbons (Fsp3) is 0.375. The Bertz CT molecular complexity index is 744. The normalized spacial score (nSPS) is 11.7. The van der Waals surface area contributed by atoms with Gasteiger partial charge >= 0.3 is 0 Å². The number of thiophene rings is 1. The zero-order chi connectivity index (χ0) is 17.6. The topological polar surface area (TPSA) is 65.1 Å². The number of methoxy groups -OCH3 is 3. The molecule has 6 nitrogen and oxygen atoms in total. The lowest BCUT2D eigenvalue weighted by Crippen LogP contribution is -2.33. The van der Waals surface area contributed by atoms with Crippen molar-refractivity contribution in [3.05, 3.63) is 40.6 Å². The van der Waals surface area contributed by atoms with E-state index in [0.717, 1.165) is 5.56 Å². The van der Waals surface area contributed by atoms with E-state index in [1.54, 1.807) is 19.2 Å². The van der Waals surface area contributed by atoms with Crippen molar-refractivity contribution in [2.75, 3.05) is 34.5 Å². The number of nitrogens with zero attached hydrogens (tertiary/aromatic N) is 1. The molecular formula is C16H21NO5S2. The van der Waals surface area contributed by atoms with E-state index in [9.17, 15) is 8.42 Å². The van der Waals surface area contributed by atoms with Crippen LogP contribution in [0.1, 0.15) is 5.56 Å². The maximum atomic E-state index is 13.1. The van der Waals surface area contributed by atoms with Gasteiger partial charge in [-0.1, -0.05) is 0 Å². The molecule has 0 atom stereocenters. The molecule has 2 aromatic rings. The smallest absolute Gasteiger partial charge is 0.247 e. The van der Waals surface area contributed by atoms with E-state index in [1.807, 2.05) is 16.8 Å². The summed E-state index contributed by atoms with van der Waals surface area (Å²) in [7, 11) is 0.760. The molecule has 132 valence electrons. The predicted octanol–water partition coefficient (Wildman–Crippen LogP) is 2.60. The van der Waals surface area contributed by atoms with Gasteiger partial charge in [-0.3, -0.25) is 0 Å². The van der Waals surface area contributed by atoms with E-state index in [-0.39, 0.29) is 23.7 Å². The van der Waals surface area contributed by atoms with Crippen LogP contribution in [0, 0.1) is 0 Å². The standard InChI is InChI=1S/C16H21NO5S2/c1-20-8-7-17(11-13-6-9-23-12-13)24(18,19)16-5-4-14(21-2)10-15(16)22-3/h4-6,9-10,12H,7-8,11H2,1-3H3. The van der Waals surface area contributed by atoms with Crippen LogP contribution in [0.3, 0.4) is 0 Å². The lowest BCUT2D eigenvalue weighted by atomic mass is 10.3. The molecule has 2 rings (SSSR count). The molecule has 0 aliphatic carbocycles. The van der Waals surface area contributed by atoms with Crippen LogP contribution in [0.4, 0.5) is 0 Å². The van der Waals surface area contributed by atoms with Gasteiger partial charge in [0.05, 0.1) is 20.8 Å². The maximum absolute atomic E-state index is 13.1. The number of rotatable bonds is 9. The van der Waals surface area contributed by atoms with Crippen LogP contribution >= 0.6 is 11.3 Å². The Hall–Kier alpha value is -1.61. The van der Waals surface area contributed by atoms with Crippen molar-refractivity contribution in [1.29, 1.82) is 0 Å². The minimum Gasteiger partial charge on any atom is -0.497 e. The van der Waals surface area contributed by atoms with Crippen LogP contribution in [0.5, 0.6) is 11.5 Å². The van der Waals surface area contributed by atoms with Gasteiger partial charge in [0.2, 0.25) is 10.0 Å². The summed E-state index contributed by atoms with van der Waals surface area (Å²) < 4.78 is 43.0. The molecule has 0 amide bonds. The monoisotopic (exact) mass is 371 g/mol. The van der Waals surface area contributed by atoms with E-state index in [4.69, 9.17) is 14.2 Å². The summed E-state index contributed by atoms with van der Waals surface area (Å²) in [6.45, 7) is 0.843. The molecule has 1 heterocycles. The van der Waals surface area contributed by atoms with Gasteiger partial charge in [0.15, 0.2) is 0 Å². The Morgan fingerprint density at radius 2 is 1.92 bits per heavy atom. The van der Waals surface area contributed by atoms with Crippen molar-refractivity contribution in [3.8, 4) is 11.5 Å². The molecule has 24 heavy (non-hydrogen) atoms. The van der Waals surface area contributed by atoms with E-state index in [1.165, 1.54) is 35.9 Å². The number of ether oxygens (including phenoxy) is 3. The molecule has 1 aromatic heterocycles. The minimum atomic E-state index is -3.74. The van der Waals surface area contributed by atoms with Crippen molar-refractivity contribution in [1.82, 2.24) is 4.31 Å². The van der Waals surface area contributed by atoms with E-state index < -0.39 is 10.0 Å². The van der Waals surface area contributed by atoms with Crippen molar-refractivity contribution in [2.24, 2.45) is 0 Å². The van der Waals surface area contributed by atoms with Crippen LogP contribution < -0.4 is 9.47 Å². The number of sulfonamides is 1. The summed E-state index contributed by atoms with van der Waals surface area (Å²) in [6, 6.07) is 6.58. The van der Waals surface area contributed by atoms with Gasteiger partial charge < -0.3 is 14.2 Å². The van der Waals surface area contributed by atoms with E-state index in [0.29, 0.717) is 12.4 Å². The van der Waals surface area contributed by atoms with Crippen molar-refractivity contribution in [3.63, 3.8) is 0 Å². The van der Waals surface area contributed by atoms with Gasteiger partial charge in [0, 0.05) is 26.3 Å². The first-order valence-electron chi connectivity index (χ1n) is 7.25. The van der Waals surface area contributed by atoms with Crippen molar-refractivity contribution < 1.29 is 22.6 Å². The van der Waals surface area contributed by atoms with E-state index in [2.05, 4.69) is 0 Å². The SMILES string of the molecule is COCCN(Cc1ccsc1)S(=O)(=O)c1ccc(OC)cc1OC. The Balaban J connectivity index is 2.39. The summed E-state index contributed by atoms with van der Waals surface area (Å²) in [6.07, 6.45) is 0. The van der Waals surface area contributed by atoms with Crippen molar-refractivity contribution in [2.45, 2.75) is 11.4 Å². The Labute approximate surface area is 146 Å². The average Bonchev–Trinajstić information content (AvgIpc) is 3.10. The van der Waals surface area contributed by atoms with Gasteiger partial charge in [0.1, 0.15) is 16.4 Å². The molecule has 0 saturated heterocycles. The average molecular weight is 371 g/mol. The highest BCUT2D eigenvalue weighted by Crippen LogP contribution is 2.31. The van der Waals surface area contributed by atoms with Crippen LogP contribution in [0.25, 0.3) is 0 Å². The molecule has 0 saturated carbocycles. The molecule has 0 N–H and O–H groups in total. The molecule has 0 radical (unpaired) electrons. The summed E-state index contributed by atoms with van der Waals surface area (Å²) in [5, 5.41) is 3.85. The molecule has 8 heteroatoms. The number of hydrogen-bond acceptors (Lipinski definition) is 6. The highest BCUT2D eigenvalue weighted by atomic mass is 32.2. The minimum absolute atomic E-state index is 0.108. The van der Waals surface area contributed by atoms with Gasteiger partial charge in [-0.05, 0) is 34.5 Å². The third-order valence-electron chi connectivity index (χ3n) is 3.47. The maximum Gasteiger partial charge on any atom is 0.247 e. The highest BCUT2D eigenvalue weighted by Gasteiger charge is 2.28. The third kappa shape index (κ3) is 4.27. The zero-order valence-electron chi connectivity index (χ0n) is 13.9. The molecule has 0 spiro atoms. The Morgan fingerprint density at radius 1 is 1.12 bits per heavy atom. The lowest BCUT2D eigenvalue weighted by Gasteiger charge is -2.23. The summed E-state index contributed by atoms with van der Waals surface area (Å²) in [4.78, 5) is 0.108. The van der Waals surface area contributed by atoms with Crippen molar-refractivity contribution >= 4 is 21.4 Å². The molecular weight excluding hydrogens is 350 g/mol. The van der Waals surface area contributed by atoms with Crippen LogP contribution in [-0.4, -0.2) is 47.2 Å². The second-order valence-corrected chi connectivity index (χ2v) is 7.67. The van der Waals surface area contributed by atoms with Gasteiger partial charge in [-0.2, -0.15) is 15.6 Å². The molecule has 0 bridgehead atoms. The first kappa shape index (κ1) is 18.7. The first-order chi connectivity index (χ1) is 11.5. The molecule has 1 aromatic carbocycles. The van der Waals surface area contributed by atoms with Gasteiger partial charge in [-0.15, -0.1) is 0 Å². The molecule has 0 unspecified atom stereocenters. The zero-order valence-corrected chi connectivity index (χ0v) is 15.5. The first-order valence-corrected chi connectivity index (χ1v) is 9.63. The van der Waals surface area contributed by atoms with Crippen LogP contribution in [-0.2, 0) is 21.3 Å². The molecule has 0 aliphatic rings.